The lowest BCUT2D eigenvalue weighted by atomic mass is 9.96. The first-order valence-corrected chi connectivity index (χ1v) is 8.01. The van der Waals surface area contributed by atoms with Crippen LogP contribution in [-0.4, -0.2) is 48.6 Å². The molecule has 0 aromatic heterocycles. The van der Waals surface area contributed by atoms with Crippen LogP contribution < -0.4 is 11.1 Å². The molecular weight excluding hydrogens is 330 g/mol. The first kappa shape index (κ1) is 20.4. The maximum absolute atomic E-state index is 12.3. The van der Waals surface area contributed by atoms with Crippen LogP contribution in [0.5, 0.6) is 0 Å². The Labute approximate surface area is 149 Å². The van der Waals surface area contributed by atoms with E-state index in [4.69, 9.17) is 10.5 Å². The number of carbonyl (C=O) groups is 2. The molecule has 1 unspecified atom stereocenters. The lowest BCUT2D eigenvalue weighted by molar-refractivity contribution is -0.120. The molecule has 134 valence electrons. The van der Waals surface area contributed by atoms with Crippen molar-refractivity contribution in [2.45, 2.75) is 32.2 Å². The van der Waals surface area contributed by atoms with E-state index in [1.807, 2.05) is 6.92 Å². The fraction of sp³-hybridized carbons (Fsp3) is 0.529. The monoisotopic (exact) mass is 355 g/mol. The van der Waals surface area contributed by atoms with Gasteiger partial charge < -0.3 is 20.7 Å². The summed E-state index contributed by atoms with van der Waals surface area (Å²) in [6.45, 7) is 6.09. The van der Waals surface area contributed by atoms with Gasteiger partial charge in [-0.3, -0.25) is 9.59 Å². The van der Waals surface area contributed by atoms with Gasteiger partial charge in [0, 0.05) is 24.3 Å². The van der Waals surface area contributed by atoms with Crippen LogP contribution in [0.3, 0.4) is 0 Å². The average Bonchev–Trinajstić information content (AvgIpc) is 2.55. The first-order valence-electron chi connectivity index (χ1n) is 8.01. The summed E-state index contributed by atoms with van der Waals surface area (Å²) in [5, 5.41) is 2.80. The van der Waals surface area contributed by atoms with Gasteiger partial charge >= 0.3 is 0 Å². The van der Waals surface area contributed by atoms with Crippen molar-refractivity contribution in [2.75, 3.05) is 31.6 Å². The van der Waals surface area contributed by atoms with Crippen molar-refractivity contribution in [3.63, 3.8) is 0 Å². The molecule has 1 aliphatic rings. The largest absolute Gasteiger partial charge is 0.378 e. The van der Waals surface area contributed by atoms with E-state index in [-0.39, 0.29) is 24.2 Å². The second-order valence-corrected chi connectivity index (χ2v) is 6.10. The summed E-state index contributed by atoms with van der Waals surface area (Å²) in [5.41, 5.74) is 6.36. The fourth-order valence-electron chi connectivity index (χ4n) is 2.55. The van der Waals surface area contributed by atoms with Gasteiger partial charge in [0.25, 0.3) is 5.91 Å². The summed E-state index contributed by atoms with van der Waals surface area (Å²) in [7, 11) is 0. The fourth-order valence-corrected chi connectivity index (χ4v) is 2.55. The number of nitrogens with two attached hydrogens (primary N) is 1. The van der Waals surface area contributed by atoms with Crippen molar-refractivity contribution in [3.05, 3.63) is 29.8 Å². The second kappa shape index (κ2) is 9.01. The molecule has 1 aliphatic heterocycles. The quantitative estimate of drug-likeness (QED) is 0.846. The molecule has 0 radical (unpaired) electrons. The summed E-state index contributed by atoms with van der Waals surface area (Å²) in [6.07, 6.45) is 1.46. The minimum absolute atomic E-state index is 0. The van der Waals surface area contributed by atoms with E-state index in [9.17, 15) is 9.59 Å². The van der Waals surface area contributed by atoms with Crippen LogP contribution in [0.15, 0.2) is 24.3 Å². The lowest BCUT2D eigenvalue weighted by Gasteiger charge is -2.27. The van der Waals surface area contributed by atoms with Gasteiger partial charge in [0.2, 0.25) is 5.91 Å². The number of anilines is 1. The molecule has 3 N–H and O–H groups in total. The van der Waals surface area contributed by atoms with Crippen LogP contribution in [0.1, 0.15) is 37.0 Å². The van der Waals surface area contributed by atoms with Crippen molar-refractivity contribution < 1.29 is 14.3 Å². The first-order chi connectivity index (χ1) is 10.9. The van der Waals surface area contributed by atoms with Crippen LogP contribution in [0.25, 0.3) is 0 Å². The molecule has 6 nitrogen and oxygen atoms in total. The van der Waals surface area contributed by atoms with E-state index in [1.165, 1.54) is 0 Å². The Morgan fingerprint density at radius 3 is 2.38 bits per heavy atom. The molecule has 7 heteroatoms. The van der Waals surface area contributed by atoms with E-state index in [0.29, 0.717) is 44.0 Å². The highest BCUT2D eigenvalue weighted by atomic mass is 35.5. The Hall–Kier alpha value is -1.63. The van der Waals surface area contributed by atoms with E-state index >= 15 is 0 Å². The SMILES string of the molecule is CCCC(C)(N)C(=O)Nc1ccc(C(=O)N2CCOCC2)cc1.Cl. The molecule has 2 amide bonds. The Kier molecular flexibility index (Phi) is 7.66. The predicted molar refractivity (Wildman–Crippen MR) is 96.5 cm³/mol. The number of rotatable bonds is 5. The molecule has 1 atom stereocenters. The summed E-state index contributed by atoms with van der Waals surface area (Å²) < 4.78 is 5.25. The molecule has 24 heavy (non-hydrogen) atoms. The minimum atomic E-state index is -0.892. The van der Waals surface area contributed by atoms with Gasteiger partial charge in [-0.05, 0) is 37.6 Å². The number of hydrogen-bond donors (Lipinski definition) is 2. The normalized spacial score (nSPS) is 16.7. The third-order valence-corrected chi connectivity index (χ3v) is 3.98. The van der Waals surface area contributed by atoms with Gasteiger partial charge in [-0.1, -0.05) is 13.3 Å². The number of hydrogen-bond acceptors (Lipinski definition) is 4. The van der Waals surface area contributed by atoms with E-state index < -0.39 is 5.54 Å². The van der Waals surface area contributed by atoms with Crippen molar-refractivity contribution in [1.82, 2.24) is 4.90 Å². The Balaban J connectivity index is 0.00000288. The Bertz CT molecular complexity index is 555. The van der Waals surface area contributed by atoms with Gasteiger partial charge in [-0.2, -0.15) is 0 Å². The highest BCUT2D eigenvalue weighted by molar-refractivity contribution is 5.98. The molecule has 0 saturated carbocycles. The number of nitrogens with zero attached hydrogens (tertiary/aromatic N) is 1. The number of benzene rings is 1. The highest BCUT2D eigenvalue weighted by Crippen LogP contribution is 2.16. The van der Waals surface area contributed by atoms with Gasteiger partial charge in [0.15, 0.2) is 0 Å². The molecule has 0 spiro atoms. The molecule has 1 saturated heterocycles. The zero-order chi connectivity index (χ0) is 16.9. The number of halogens is 1. The number of carbonyl (C=O) groups excluding carboxylic acids is 2. The molecule has 1 fully saturated rings. The number of morpholine rings is 1. The van der Waals surface area contributed by atoms with Crippen molar-refractivity contribution in [3.8, 4) is 0 Å². The van der Waals surface area contributed by atoms with Crippen LogP contribution in [0, 0.1) is 0 Å². The number of nitrogens with one attached hydrogen (secondary N) is 1. The minimum Gasteiger partial charge on any atom is -0.378 e. The van der Waals surface area contributed by atoms with Gasteiger partial charge in [0.05, 0.1) is 18.8 Å². The maximum Gasteiger partial charge on any atom is 0.254 e. The van der Waals surface area contributed by atoms with Crippen LogP contribution in [0.4, 0.5) is 5.69 Å². The third kappa shape index (κ3) is 5.19. The summed E-state index contributed by atoms with van der Waals surface area (Å²) in [4.78, 5) is 26.3. The maximum atomic E-state index is 12.3. The van der Waals surface area contributed by atoms with Crippen LogP contribution >= 0.6 is 12.4 Å². The Morgan fingerprint density at radius 1 is 1.25 bits per heavy atom. The summed E-state index contributed by atoms with van der Waals surface area (Å²) >= 11 is 0. The third-order valence-electron chi connectivity index (χ3n) is 3.98. The van der Waals surface area contributed by atoms with Gasteiger partial charge in [0.1, 0.15) is 0 Å². The standard InChI is InChI=1S/C17H25N3O3.ClH/c1-3-8-17(2,18)16(22)19-14-6-4-13(5-7-14)15(21)20-9-11-23-12-10-20;/h4-7H,3,8-12,18H2,1-2H3,(H,19,22);1H. The molecule has 1 aromatic rings. The Morgan fingerprint density at radius 2 is 1.83 bits per heavy atom. The molecule has 0 bridgehead atoms. The highest BCUT2D eigenvalue weighted by Gasteiger charge is 2.27. The molecule has 1 heterocycles. The molecule has 0 aliphatic carbocycles. The molecule has 1 aromatic carbocycles. The number of amides is 2. The summed E-state index contributed by atoms with van der Waals surface area (Å²) in [5.74, 6) is -0.229. The van der Waals surface area contributed by atoms with Crippen LogP contribution in [0.2, 0.25) is 0 Å². The van der Waals surface area contributed by atoms with Crippen LogP contribution in [-0.2, 0) is 9.53 Å². The zero-order valence-electron chi connectivity index (χ0n) is 14.2. The van der Waals surface area contributed by atoms with E-state index in [1.54, 1.807) is 36.1 Å². The summed E-state index contributed by atoms with van der Waals surface area (Å²) in [6, 6.07) is 6.91. The smallest absolute Gasteiger partial charge is 0.254 e. The molecule has 2 rings (SSSR count). The van der Waals surface area contributed by atoms with Crippen molar-refractivity contribution in [1.29, 1.82) is 0 Å². The topological polar surface area (TPSA) is 84.7 Å². The molecular formula is C17H26ClN3O3. The predicted octanol–water partition coefficient (Wildman–Crippen LogP) is 2.04. The van der Waals surface area contributed by atoms with E-state index in [2.05, 4.69) is 5.32 Å². The second-order valence-electron chi connectivity index (χ2n) is 6.10. The van der Waals surface area contributed by atoms with Crippen molar-refractivity contribution in [2.24, 2.45) is 5.73 Å². The van der Waals surface area contributed by atoms with Gasteiger partial charge in [-0.25, -0.2) is 0 Å². The van der Waals surface area contributed by atoms with E-state index in [0.717, 1.165) is 6.42 Å². The van der Waals surface area contributed by atoms with Gasteiger partial charge in [-0.15, -0.1) is 12.4 Å². The van der Waals surface area contributed by atoms with Crippen molar-refractivity contribution >= 4 is 29.9 Å². The lowest BCUT2D eigenvalue weighted by Crippen LogP contribution is -2.48. The zero-order valence-corrected chi connectivity index (χ0v) is 15.0. The average molecular weight is 356 g/mol. The number of ether oxygens (including phenoxy) is 1.